The van der Waals surface area contributed by atoms with Crippen LogP contribution in [0.3, 0.4) is 0 Å². The third-order valence-corrected chi connectivity index (χ3v) is 1.40. The van der Waals surface area contributed by atoms with E-state index >= 15 is 0 Å². The Kier molecular flexibility index (Phi) is 3.36. The van der Waals surface area contributed by atoms with Crippen molar-refractivity contribution in [3.63, 3.8) is 0 Å². The number of rotatable bonds is 3. The minimum Gasteiger partial charge on any atom is -0.464 e. The van der Waals surface area contributed by atoms with E-state index in [4.69, 9.17) is 0 Å². The molecule has 0 amide bonds. The van der Waals surface area contributed by atoms with Crippen molar-refractivity contribution in [3.05, 3.63) is 0 Å². The third-order valence-electron chi connectivity index (χ3n) is 1.40. The van der Waals surface area contributed by atoms with Crippen molar-refractivity contribution >= 4 is 5.97 Å². The molecule has 3 nitrogen and oxygen atoms in total. The molecule has 0 aromatic heterocycles. The van der Waals surface area contributed by atoms with Gasteiger partial charge in [0.15, 0.2) is 5.60 Å². The number of carbonyl (C=O) groups is 1. The van der Waals surface area contributed by atoms with Crippen LogP contribution < -0.4 is 0 Å². The lowest BCUT2D eigenvalue weighted by molar-refractivity contribution is -0.163. The first-order valence-electron chi connectivity index (χ1n) is 3.44. The predicted octanol–water partition coefficient (Wildman–Crippen LogP) is 0.710. The van der Waals surface area contributed by atoms with Crippen LogP contribution in [0.4, 0.5) is 0 Å². The van der Waals surface area contributed by atoms with Gasteiger partial charge in [0.2, 0.25) is 0 Å². The zero-order valence-corrected chi connectivity index (χ0v) is 6.68. The fraction of sp³-hybridized carbons (Fsp3) is 0.857. The SMILES string of the molecule is CCOC(=O)[C@@](C)(O)CC. The van der Waals surface area contributed by atoms with E-state index in [2.05, 4.69) is 4.74 Å². The topological polar surface area (TPSA) is 46.5 Å². The summed E-state index contributed by atoms with van der Waals surface area (Å²) in [5, 5.41) is 9.25. The van der Waals surface area contributed by atoms with Crippen molar-refractivity contribution in [2.24, 2.45) is 0 Å². The number of ether oxygens (including phenoxy) is 1. The first-order chi connectivity index (χ1) is 4.54. The molecule has 0 aliphatic rings. The second-order valence-corrected chi connectivity index (χ2v) is 2.35. The van der Waals surface area contributed by atoms with E-state index in [1.165, 1.54) is 6.92 Å². The molecule has 1 N–H and O–H groups in total. The van der Waals surface area contributed by atoms with Gasteiger partial charge in [-0.3, -0.25) is 0 Å². The summed E-state index contributed by atoms with van der Waals surface area (Å²) in [6.45, 7) is 5.21. The number of esters is 1. The standard InChI is InChI=1S/C7H14O3/c1-4-7(3,9)6(8)10-5-2/h9H,4-5H2,1-3H3/t7-/m0/s1. The number of hydrogen-bond acceptors (Lipinski definition) is 3. The molecule has 60 valence electrons. The number of carbonyl (C=O) groups excluding carboxylic acids is 1. The summed E-state index contributed by atoms with van der Waals surface area (Å²) < 4.78 is 4.61. The molecule has 0 saturated heterocycles. The van der Waals surface area contributed by atoms with E-state index in [-0.39, 0.29) is 0 Å². The Morgan fingerprint density at radius 3 is 2.40 bits per heavy atom. The molecular formula is C7H14O3. The van der Waals surface area contributed by atoms with Crippen LogP contribution in [0, 0.1) is 0 Å². The second kappa shape index (κ2) is 3.56. The molecule has 0 spiro atoms. The lowest BCUT2D eigenvalue weighted by Crippen LogP contribution is -2.35. The van der Waals surface area contributed by atoms with Gasteiger partial charge in [-0.05, 0) is 20.3 Å². The average Bonchev–Trinajstić information content (AvgIpc) is 1.89. The Hall–Kier alpha value is -0.570. The van der Waals surface area contributed by atoms with Crippen molar-refractivity contribution in [1.82, 2.24) is 0 Å². The van der Waals surface area contributed by atoms with Crippen LogP contribution in [0.25, 0.3) is 0 Å². The van der Waals surface area contributed by atoms with Gasteiger partial charge in [-0.2, -0.15) is 0 Å². The van der Waals surface area contributed by atoms with E-state index in [0.29, 0.717) is 13.0 Å². The molecule has 0 radical (unpaired) electrons. The van der Waals surface area contributed by atoms with Gasteiger partial charge in [-0.25, -0.2) is 4.79 Å². The van der Waals surface area contributed by atoms with E-state index < -0.39 is 11.6 Å². The highest BCUT2D eigenvalue weighted by molar-refractivity contribution is 5.78. The number of aliphatic hydroxyl groups is 1. The van der Waals surface area contributed by atoms with Gasteiger partial charge in [-0.15, -0.1) is 0 Å². The Bertz CT molecular complexity index is 118. The monoisotopic (exact) mass is 146 g/mol. The molecule has 0 aliphatic carbocycles. The molecule has 0 fully saturated rings. The fourth-order valence-electron chi connectivity index (χ4n) is 0.431. The molecule has 0 saturated carbocycles. The highest BCUT2D eigenvalue weighted by Crippen LogP contribution is 2.09. The maximum absolute atomic E-state index is 10.8. The molecule has 0 aliphatic heterocycles. The smallest absolute Gasteiger partial charge is 0.337 e. The molecule has 0 aromatic carbocycles. The van der Waals surface area contributed by atoms with Crippen molar-refractivity contribution in [3.8, 4) is 0 Å². The van der Waals surface area contributed by atoms with E-state index in [1.54, 1.807) is 13.8 Å². The summed E-state index contributed by atoms with van der Waals surface area (Å²) in [5.74, 6) is -0.544. The summed E-state index contributed by atoms with van der Waals surface area (Å²) in [7, 11) is 0. The Labute approximate surface area is 61.0 Å². The summed E-state index contributed by atoms with van der Waals surface area (Å²) in [5.41, 5.74) is -1.31. The van der Waals surface area contributed by atoms with Crippen LogP contribution in [0.2, 0.25) is 0 Å². The van der Waals surface area contributed by atoms with Crippen LogP contribution in [0.15, 0.2) is 0 Å². The van der Waals surface area contributed by atoms with E-state index in [1.807, 2.05) is 0 Å². The Morgan fingerprint density at radius 2 is 2.10 bits per heavy atom. The summed E-state index contributed by atoms with van der Waals surface area (Å²) in [6, 6.07) is 0. The molecule has 0 aromatic rings. The normalized spacial score (nSPS) is 16.0. The minimum absolute atomic E-state index is 0.314. The largest absolute Gasteiger partial charge is 0.464 e. The molecule has 1 atom stereocenters. The highest BCUT2D eigenvalue weighted by Gasteiger charge is 2.28. The third kappa shape index (κ3) is 2.35. The lowest BCUT2D eigenvalue weighted by Gasteiger charge is -2.17. The maximum Gasteiger partial charge on any atom is 0.337 e. The molecule has 10 heavy (non-hydrogen) atoms. The Morgan fingerprint density at radius 1 is 1.60 bits per heavy atom. The van der Waals surface area contributed by atoms with Crippen LogP contribution in [0.1, 0.15) is 27.2 Å². The van der Waals surface area contributed by atoms with Gasteiger partial charge in [0.05, 0.1) is 6.61 Å². The summed E-state index contributed by atoms with van der Waals surface area (Å²) in [6.07, 6.45) is 0.381. The van der Waals surface area contributed by atoms with Gasteiger partial charge in [0, 0.05) is 0 Å². The molecule has 0 bridgehead atoms. The van der Waals surface area contributed by atoms with Gasteiger partial charge < -0.3 is 9.84 Å². The summed E-state index contributed by atoms with van der Waals surface area (Å²) in [4.78, 5) is 10.8. The van der Waals surface area contributed by atoms with E-state index in [9.17, 15) is 9.90 Å². The van der Waals surface area contributed by atoms with Crippen LogP contribution in [-0.4, -0.2) is 23.3 Å². The highest BCUT2D eigenvalue weighted by atomic mass is 16.5. The van der Waals surface area contributed by atoms with Crippen LogP contribution >= 0.6 is 0 Å². The van der Waals surface area contributed by atoms with Crippen LogP contribution in [0.5, 0.6) is 0 Å². The molecular weight excluding hydrogens is 132 g/mol. The molecule has 0 rings (SSSR count). The molecule has 0 heterocycles. The van der Waals surface area contributed by atoms with Gasteiger partial charge >= 0.3 is 5.97 Å². The van der Waals surface area contributed by atoms with Crippen LogP contribution in [-0.2, 0) is 9.53 Å². The van der Waals surface area contributed by atoms with Crippen molar-refractivity contribution < 1.29 is 14.6 Å². The van der Waals surface area contributed by atoms with E-state index in [0.717, 1.165) is 0 Å². The number of hydrogen-bond donors (Lipinski definition) is 1. The maximum atomic E-state index is 10.8. The zero-order valence-electron chi connectivity index (χ0n) is 6.68. The average molecular weight is 146 g/mol. The van der Waals surface area contributed by atoms with Gasteiger partial charge in [-0.1, -0.05) is 6.92 Å². The van der Waals surface area contributed by atoms with Gasteiger partial charge in [0.1, 0.15) is 0 Å². The predicted molar refractivity (Wildman–Crippen MR) is 37.5 cm³/mol. The molecule has 0 unspecified atom stereocenters. The van der Waals surface area contributed by atoms with Crippen molar-refractivity contribution in [1.29, 1.82) is 0 Å². The first kappa shape index (κ1) is 9.43. The fourth-order valence-corrected chi connectivity index (χ4v) is 0.431. The zero-order chi connectivity index (χ0) is 8.20. The minimum atomic E-state index is -1.31. The molecule has 3 heteroatoms. The van der Waals surface area contributed by atoms with Crippen molar-refractivity contribution in [2.45, 2.75) is 32.8 Å². The Balaban J connectivity index is 3.91. The second-order valence-electron chi connectivity index (χ2n) is 2.35. The quantitative estimate of drug-likeness (QED) is 0.596. The lowest BCUT2D eigenvalue weighted by atomic mass is 10.1. The van der Waals surface area contributed by atoms with Gasteiger partial charge in [0.25, 0.3) is 0 Å². The summed E-state index contributed by atoms with van der Waals surface area (Å²) >= 11 is 0. The van der Waals surface area contributed by atoms with Crippen molar-refractivity contribution in [2.75, 3.05) is 6.61 Å². The first-order valence-corrected chi connectivity index (χ1v) is 3.44.